The smallest absolute Gasteiger partial charge is 0.391 e. The number of allylic oxidation sites excluding steroid dienone is 2. The van der Waals surface area contributed by atoms with Crippen LogP contribution < -0.4 is 0 Å². The number of hydrogen-bond acceptors (Lipinski definition) is 5. The molecular weight excluding hydrogens is 317 g/mol. The number of halogens is 1. The molecule has 2 unspecified atom stereocenters. The summed E-state index contributed by atoms with van der Waals surface area (Å²) in [6, 6.07) is 0. The van der Waals surface area contributed by atoms with Gasteiger partial charge in [-0.15, -0.1) is 0 Å². The molecule has 0 aromatic heterocycles. The van der Waals surface area contributed by atoms with Gasteiger partial charge in [0.1, 0.15) is 0 Å². The van der Waals surface area contributed by atoms with Crippen LogP contribution in [0.1, 0.15) is 6.92 Å². The highest BCUT2D eigenvalue weighted by Gasteiger charge is 2.53. The van der Waals surface area contributed by atoms with E-state index >= 15 is 0 Å². The van der Waals surface area contributed by atoms with E-state index in [1.807, 2.05) is 0 Å². The number of nitrogens with zero attached hydrogens (tertiary/aromatic N) is 1. The number of hydrogen-bond donors (Lipinski definition) is 0. The Bertz CT molecular complexity index is 411. The molecule has 0 amide bonds. The number of ether oxygens (including phenoxy) is 1. The van der Waals surface area contributed by atoms with Crippen LogP contribution >= 0.6 is 23.3 Å². The molecule has 0 aromatic rings. The van der Waals surface area contributed by atoms with Gasteiger partial charge in [0.15, 0.2) is 4.83 Å². The predicted octanol–water partition coefficient (Wildman–Crippen LogP) is 2.15. The second kappa shape index (κ2) is 5.12. The van der Waals surface area contributed by atoms with Gasteiger partial charge in [-0.3, -0.25) is 14.9 Å². The van der Waals surface area contributed by atoms with Crippen molar-refractivity contribution in [1.82, 2.24) is 0 Å². The Morgan fingerprint density at radius 3 is 2.88 bits per heavy atom. The van der Waals surface area contributed by atoms with E-state index in [4.69, 9.17) is 16.5 Å². The predicted molar refractivity (Wildman–Crippen MR) is 65.7 cm³/mol. The summed E-state index contributed by atoms with van der Waals surface area (Å²) in [6.45, 7) is 1.13. The van der Waals surface area contributed by atoms with Gasteiger partial charge in [0, 0.05) is 25.7 Å². The third kappa shape index (κ3) is 2.36. The Balaban J connectivity index is 3.18. The monoisotopic (exact) mass is 323 g/mol. The van der Waals surface area contributed by atoms with E-state index in [9.17, 15) is 14.9 Å². The Kier molecular flexibility index (Phi) is 4.29. The van der Waals surface area contributed by atoms with E-state index in [0.717, 1.165) is 6.92 Å². The lowest BCUT2D eigenvalue weighted by Gasteiger charge is -2.27. The number of nitro groups is 1. The molecule has 0 spiro atoms. The van der Waals surface area contributed by atoms with Crippen LogP contribution in [-0.4, -0.2) is 21.4 Å². The summed E-state index contributed by atoms with van der Waals surface area (Å²) in [5, 5.41) is 11.7. The van der Waals surface area contributed by atoms with Crippen molar-refractivity contribution in [3.05, 3.63) is 33.7 Å². The zero-order valence-corrected chi connectivity index (χ0v) is 11.4. The summed E-state index contributed by atoms with van der Waals surface area (Å²) in [6.07, 6.45) is 4.37. The molecule has 1 aliphatic rings. The SMILES string of the molecule is CC(=O)OC1([N+](=O)[O-])C=CC=C(P=S)C1Br. The highest BCUT2D eigenvalue weighted by molar-refractivity contribution is 9.09. The molecular formula is C8H7BrNO4PS. The average Bonchev–Trinajstić information content (AvgIpc) is 2.20. The Morgan fingerprint density at radius 2 is 2.44 bits per heavy atom. The van der Waals surface area contributed by atoms with Crippen molar-refractivity contribution in [2.24, 2.45) is 0 Å². The summed E-state index contributed by atoms with van der Waals surface area (Å²) < 4.78 is 4.82. The summed E-state index contributed by atoms with van der Waals surface area (Å²) >= 11 is 7.98. The molecule has 0 N–H and O–H groups in total. The van der Waals surface area contributed by atoms with Gasteiger partial charge in [-0.1, -0.05) is 39.9 Å². The Labute approximate surface area is 107 Å². The Morgan fingerprint density at radius 1 is 1.81 bits per heavy atom. The summed E-state index contributed by atoms with van der Waals surface area (Å²) in [4.78, 5) is 20.6. The molecule has 86 valence electrons. The molecule has 0 aliphatic heterocycles. The minimum Gasteiger partial charge on any atom is -0.391 e. The zero-order chi connectivity index (χ0) is 12.3. The fourth-order valence-corrected chi connectivity index (χ4v) is 3.45. The van der Waals surface area contributed by atoms with Crippen LogP contribution in [0.3, 0.4) is 0 Å². The number of carbonyl (C=O) groups excluding carboxylic acids is 1. The summed E-state index contributed by atoms with van der Waals surface area (Å²) in [5.74, 6) is -0.715. The van der Waals surface area contributed by atoms with E-state index < -0.39 is 21.4 Å². The summed E-state index contributed by atoms with van der Waals surface area (Å²) in [7, 11) is 0.473. The van der Waals surface area contributed by atoms with E-state index in [2.05, 4.69) is 15.9 Å². The van der Waals surface area contributed by atoms with Crippen molar-refractivity contribution in [3.63, 3.8) is 0 Å². The lowest BCUT2D eigenvalue weighted by atomic mass is 10.0. The highest BCUT2D eigenvalue weighted by Crippen LogP contribution is 2.38. The summed E-state index contributed by atoms with van der Waals surface area (Å²) in [5.41, 5.74) is -1.90. The van der Waals surface area contributed by atoms with E-state index in [1.165, 1.54) is 12.2 Å². The van der Waals surface area contributed by atoms with Crippen LogP contribution in [-0.2, 0) is 21.3 Å². The van der Waals surface area contributed by atoms with Gasteiger partial charge in [0.05, 0.1) is 4.92 Å². The molecule has 1 rings (SSSR count). The molecule has 8 heteroatoms. The van der Waals surface area contributed by atoms with Crippen molar-refractivity contribution in [2.45, 2.75) is 17.5 Å². The van der Waals surface area contributed by atoms with Crippen LogP contribution in [0, 0.1) is 10.1 Å². The van der Waals surface area contributed by atoms with Gasteiger partial charge < -0.3 is 4.74 Å². The fourth-order valence-electron chi connectivity index (χ4n) is 1.25. The van der Waals surface area contributed by atoms with Crippen molar-refractivity contribution < 1.29 is 14.5 Å². The molecule has 2 atom stereocenters. The maximum Gasteiger partial charge on any atom is 0.402 e. The number of esters is 1. The third-order valence-corrected chi connectivity index (χ3v) is 4.68. The molecule has 0 fully saturated rings. The first-order chi connectivity index (χ1) is 7.44. The van der Waals surface area contributed by atoms with Gasteiger partial charge in [-0.05, 0) is 0 Å². The topological polar surface area (TPSA) is 69.4 Å². The highest BCUT2D eigenvalue weighted by atomic mass is 79.9. The second-order valence-corrected chi connectivity index (χ2v) is 5.17. The number of rotatable bonds is 3. The van der Waals surface area contributed by atoms with E-state index in [-0.39, 0.29) is 0 Å². The van der Waals surface area contributed by atoms with Gasteiger partial charge in [0.2, 0.25) is 0 Å². The molecule has 1 aliphatic carbocycles. The van der Waals surface area contributed by atoms with E-state index in [0.29, 0.717) is 12.7 Å². The lowest BCUT2D eigenvalue weighted by molar-refractivity contribution is -0.602. The maximum atomic E-state index is 11.1. The molecule has 0 saturated heterocycles. The minimum absolute atomic E-state index is 0.473. The first-order valence-corrected chi connectivity index (χ1v) is 6.97. The van der Waals surface area contributed by atoms with Crippen LogP contribution in [0.25, 0.3) is 0 Å². The second-order valence-electron chi connectivity index (χ2n) is 3.01. The Hall–Kier alpha value is -0.650. The third-order valence-electron chi connectivity index (χ3n) is 1.92. The van der Waals surface area contributed by atoms with Gasteiger partial charge in [-0.2, -0.15) is 0 Å². The number of carbonyl (C=O) groups is 1. The average molecular weight is 324 g/mol. The molecule has 16 heavy (non-hydrogen) atoms. The molecule has 0 radical (unpaired) electrons. The first kappa shape index (κ1) is 13.4. The van der Waals surface area contributed by atoms with Crippen molar-refractivity contribution in [2.75, 3.05) is 0 Å². The zero-order valence-electron chi connectivity index (χ0n) is 8.12. The fraction of sp³-hybridized carbons (Fsp3) is 0.375. The van der Waals surface area contributed by atoms with Gasteiger partial charge in [-0.25, -0.2) is 0 Å². The molecule has 0 aromatic carbocycles. The molecule has 0 heterocycles. The number of alkyl halides is 1. The van der Waals surface area contributed by atoms with Crippen LogP contribution in [0.4, 0.5) is 0 Å². The van der Waals surface area contributed by atoms with Crippen LogP contribution in [0.5, 0.6) is 0 Å². The quantitative estimate of drug-likeness (QED) is 0.199. The maximum absolute atomic E-state index is 11.1. The van der Waals surface area contributed by atoms with E-state index in [1.54, 1.807) is 6.08 Å². The molecule has 0 saturated carbocycles. The van der Waals surface area contributed by atoms with Gasteiger partial charge >= 0.3 is 11.7 Å². The standard InChI is InChI=1S/C8H7BrNO4PS/c1-5(11)14-8(10(12)13)4-2-3-6(15-16)7(8)9/h2-4,7H,1H3. The lowest BCUT2D eigenvalue weighted by Crippen LogP contribution is -2.49. The van der Waals surface area contributed by atoms with Crippen LogP contribution in [0.15, 0.2) is 23.5 Å². The molecule has 5 nitrogen and oxygen atoms in total. The normalized spacial score (nSPS) is 28.6. The molecule has 0 bridgehead atoms. The van der Waals surface area contributed by atoms with Crippen molar-refractivity contribution in [3.8, 4) is 0 Å². The van der Waals surface area contributed by atoms with Crippen molar-refractivity contribution in [1.29, 1.82) is 0 Å². The van der Waals surface area contributed by atoms with Gasteiger partial charge in [0.25, 0.3) is 0 Å². The minimum atomic E-state index is -1.90. The van der Waals surface area contributed by atoms with Crippen molar-refractivity contribution >= 4 is 41.1 Å². The van der Waals surface area contributed by atoms with Crippen LogP contribution in [0.2, 0.25) is 0 Å². The first-order valence-electron chi connectivity index (χ1n) is 4.15. The largest absolute Gasteiger partial charge is 0.402 e.